The molecule has 0 aromatic carbocycles. The predicted octanol–water partition coefficient (Wildman–Crippen LogP) is 7.46. The Labute approximate surface area is 388 Å². The number of esters is 1. The largest absolute Gasteiger partial charge is 0.460 e. The minimum absolute atomic E-state index is 0.0304. The summed E-state index contributed by atoms with van der Waals surface area (Å²) in [6, 6.07) is -1.11. The van der Waals surface area contributed by atoms with E-state index in [0.29, 0.717) is 56.4 Å². The van der Waals surface area contributed by atoms with Crippen molar-refractivity contribution < 1.29 is 57.9 Å². The van der Waals surface area contributed by atoms with Crippen molar-refractivity contribution in [1.82, 2.24) is 4.90 Å². The standard InChI is InChI=1S/C52H81NO12/c1-31-17-13-12-14-18-32(2)44(62-10)29-40-23-21-38(8)52(60,65-40)49(57)50(58)53-24-16-15-19-41(53)51(59)64-45(35(5)27-39-22-20-33(3)43(28-39)61-9)30-42(54)34(4)26-37(7)47(56)48(63-11)46(55)36(6)25-31/h12-14,17-18,26,31,33-36,38-41,43-45,47-48,56,60H,15-16,19-25,27-30H2,1-11H3/b14-12+,17-13+,32-18+,37-26+/t31?,33?,34-,35-,36+,38?,39+,40+,41+,43-,44+,45+,47-,48+,52-/m1/s1. The van der Waals surface area contributed by atoms with Gasteiger partial charge in [-0.3, -0.25) is 19.2 Å². The summed E-state index contributed by atoms with van der Waals surface area (Å²) in [6.07, 6.45) is 13.6. The number of amides is 1. The lowest BCUT2D eigenvalue weighted by molar-refractivity contribution is -0.265. The molecule has 366 valence electrons. The Morgan fingerprint density at radius 1 is 0.846 bits per heavy atom. The number of Topliss-reactive ketones (excluding diaryl/α,β-unsaturated/α-hetero) is 3. The smallest absolute Gasteiger partial charge is 0.329 e. The lowest BCUT2D eigenvalue weighted by Gasteiger charge is -2.42. The van der Waals surface area contributed by atoms with E-state index in [9.17, 15) is 34.2 Å². The third-order valence-electron chi connectivity index (χ3n) is 14.8. The Kier molecular flexibility index (Phi) is 21.0. The molecule has 1 saturated carbocycles. The van der Waals surface area contributed by atoms with Crippen molar-refractivity contribution in [3.63, 3.8) is 0 Å². The third-order valence-corrected chi connectivity index (χ3v) is 14.8. The molecule has 1 amide bonds. The molecule has 15 atom stereocenters. The number of piperidine rings is 1. The summed E-state index contributed by atoms with van der Waals surface area (Å²) in [4.78, 5) is 71.9. The van der Waals surface area contributed by atoms with E-state index in [4.69, 9.17) is 23.7 Å². The summed E-state index contributed by atoms with van der Waals surface area (Å²) in [5.74, 6) is -7.07. The molecule has 3 fully saturated rings. The molecule has 4 rings (SSSR count). The minimum Gasteiger partial charge on any atom is -0.460 e. The average molecular weight is 912 g/mol. The van der Waals surface area contributed by atoms with E-state index in [-0.39, 0.29) is 54.8 Å². The number of aliphatic hydroxyl groups is 2. The maximum absolute atomic E-state index is 14.4. The summed E-state index contributed by atoms with van der Waals surface area (Å²) in [5.41, 5.74) is 1.30. The van der Waals surface area contributed by atoms with Crippen LogP contribution in [0.3, 0.4) is 0 Å². The molecule has 3 heterocycles. The second-order valence-corrected chi connectivity index (χ2v) is 20.0. The quantitative estimate of drug-likeness (QED) is 0.153. The number of nitrogens with zero attached hydrogens (tertiary/aromatic N) is 1. The van der Waals surface area contributed by atoms with E-state index in [1.165, 1.54) is 12.0 Å². The highest BCUT2D eigenvalue weighted by atomic mass is 16.6. The van der Waals surface area contributed by atoms with Gasteiger partial charge in [0.05, 0.1) is 18.3 Å². The number of cyclic esters (lactones) is 1. The van der Waals surface area contributed by atoms with Gasteiger partial charge in [-0.15, -0.1) is 0 Å². The van der Waals surface area contributed by atoms with Crippen molar-refractivity contribution in [2.24, 2.45) is 41.4 Å². The number of fused-ring (bicyclic) bond motifs is 3. The van der Waals surface area contributed by atoms with Crippen LogP contribution in [0.2, 0.25) is 0 Å². The van der Waals surface area contributed by atoms with Crippen LogP contribution in [0.5, 0.6) is 0 Å². The van der Waals surface area contributed by atoms with E-state index in [1.807, 2.05) is 58.1 Å². The number of ketones is 3. The Morgan fingerprint density at radius 3 is 2.25 bits per heavy atom. The second kappa shape index (κ2) is 25.2. The molecule has 13 nitrogen and oxygen atoms in total. The fourth-order valence-electron chi connectivity index (χ4n) is 10.4. The molecule has 3 unspecified atom stereocenters. The molecule has 0 spiro atoms. The highest BCUT2D eigenvalue weighted by Crippen LogP contribution is 2.38. The zero-order chi connectivity index (χ0) is 48.2. The highest BCUT2D eigenvalue weighted by molar-refractivity contribution is 6.39. The number of aliphatic hydroxyl groups excluding tert-OH is 1. The van der Waals surface area contributed by atoms with E-state index in [1.54, 1.807) is 41.1 Å². The van der Waals surface area contributed by atoms with Gasteiger partial charge in [-0.2, -0.15) is 0 Å². The SMILES string of the molecule is CO[C@H]1C[C@@H]2CCC(C)[C@@](O)(O2)C(=O)C(=O)N2CCCC[C@H]2C(=O)O[C@H]([C@H](C)C[C@@H]2CCC(C)[C@H](OC)C2)CC(=O)[C@H](C)/C=C(\C)[C@@H](O)[C@@H](OC)C(=O)[C@@H](C)CC(C)/C=C/C=C/C=C/1C. The summed E-state index contributed by atoms with van der Waals surface area (Å²) < 4.78 is 29.7. The lowest BCUT2D eigenvalue weighted by atomic mass is 9.76. The normalized spacial score (nSPS) is 40.4. The van der Waals surface area contributed by atoms with Crippen LogP contribution in [-0.4, -0.2) is 121 Å². The minimum atomic E-state index is -2.41. The zero-order valence-corrected chi connectivity index (χ0v) is 41.2. The second-order valence-electron chi connectivity index (χ2n) is 20.0. The van der Waals surface area contributed by atoms with Gasteiger partial charge in [0.2, 0.25) is 5.79 Å². The van der Waals surface area contributed by atoms with E-state index in [2.05, 4.69) is 6.92 Å². The Hall–Kier alpha value is -3.33. The Balaban J connectivity index is 1.70. The van der Waals surface area contributed by atoms with Crippen molar-refractivity contribution in [3.8, 4) is 0 Å². The lowest BCUT2D eigenvalue weighted by Crippen LogP contribution is -2.61. The van der Waals surface area contributed by atoms with Crippen LogP contribution in [0, 0.1) is 41.4 Å². The number of methoxy groups -OCH3 is 3. The van der Waals surface area contributed by atoms with Crippen LogP contribution in [0.25, 0.3) is 0 Å². The van der Waals surface area contributed by atoms with Crippen LogP contribution in [0.4, 0.5) is 0 Å². The molecule has 4 aliphatic rings. The number of hydrogen-bond acceptors (Lipinski definition) is 12. The fraction of sp³-hybridized carbons (Fsp3) is 0.750. The fourth-order valence-corrected chi connectivity index (χ4v) is 10.4. The van der Waals surface area contributed by atoms with Crippen molar-refractivity contribution in [2.75, 3.05) is 27.9 Å². The van der Waals surface area contributed by atoms with E-state index < -0.39 is 77.8 Å². The van der Waals surface area contributed by atoms with Crippen molar-refractivity contribution in [1.29, 1.82) is 0 Å². The van der Waals surface area contributed by atoms with Crippen LogP contribution in [-0.2, 0) is 47.7 Å². The van der Waals surface area contributed by atoms with Crippen LogP contribution >= 0.6 is 0 Å². The van der Waals surface area contributed by atoms with Crippen molar-refractivity contribution in [2.45, 2.75) is 181 Å². The van der Waals surface area contributed by atoms with Gasteiger partial charge < -0.3 is 38.8 Å². The maximum atomic E-state index is 14.4. The van der Waals surface area contributed by atoms with E-state index >= 15 is 0 Å². The van der Waals surface area contributed by atoms with Gasteiger partial charge in [-0.1, -0.05) is 78.0 Å². The van der Waals surface area contributed by atoms with Crippen LogP contribution in [0.1, 0.15) is 132 Å². The van der Waals surface area contributed by atoms with Gasteiger partial charge in [0.15, 0.2) is 5.78 Å². The molecular weight excluding hydrogens is 831 g/mol. The molecule has 0 radical (unpaired) electrons. The summed E-state index contributed by atoms with van der Waals surface area (Å²) >= 11 is 0. The number of ether oxygens (including phenoxy) is 5. The molecule has 3 aliphatic heterocycles. The van der Waals surface area contributed by atoms with Gasteiger partial charge >= 0.3 is 5.97 Å². The number of hydrogen-bond donors (Lipinski definition) is 2. The molecule has 1 aliphatic carbocycles. The summed E-state index contributed by atoms with van der Waals surface area (Å²) in [6.45, 7) is 15.1. The first-order valence-corrected chi connectivity index (χ1v) is 24.2. The van der Waals surface area contributed by atoms with Gasteiger partial charge in [0, 0.05) is 58.5 Å². The zero-order valence-electron chi connectivity index (χ0n) is 41.2. The van der Waals surface area contributed by atoms with E-state index in [0.717, 1.165) is 24.8 Å². The number of carbonyl (C=O) groups excluding carboxylic acids is 5. The molecule has 2 saturated heterocycles. The van der Waals surface area contributed by atoms with Crippen molar-refractivity contribution >= 4 is 29.2 Å². The Bertz CT molecular complexity index is 1750. The number of allylic oxidation sites excluding steroid dienone is 6. The van der Waals surface area contributed by atoms with Crippen molar-refractivity contribution in [3.05, 3.63) is 47.6 Å². The van der Waals surface area contributed by atoms with Gasteiger partial charge in [0.25, 0.3) is 11.7 Å². The molecular formula is C52H81NO12. The number of rotatable bonds is 6. The summed E-state index contributed by atoms with van der Waals surface area (Å²) in [5, 5.41) is 23.4. The predicted molar refractivity (Wildman–Crippen MR) is 248 cm³/mol. The first-order chi connectivity index (χ1) is 30.7. The number of carbonyl (C=O) groups is 5. The van der Waals surface area contributed by atoms with Crippen LogP contribution in [0.15, 0.2) is 47.6 Å². The summed E-state index contributed by atoms with van der Waals surface area (Å²) in [7, 11) is 4.70. The monoisotopic (exact) mass is 912 g/mol. The topological polar surface area (TPSA) is 175 Å². The molecule has 65 heavy (non-hydrogen) atoms. The molecule has 2 bridgehead atoms. The highest BCUT2D eigenvalue weighted by Gasteiger charge is 2.53. The molecule has 13 heteroatoms. The third kappa shape index (κ3) is 14.3. The molecule has 0 aromatic rings. The molecule has 0 aromatic heterocycles. The average Bonchev–Trinajstić information content (AvgIpc) is 3.28. The maximum Gasteiger partial charge on any atom is 0.329 e. The first-order valence-electron chi connectivity index (χ1n) is 24.2. The molecule has 2 N–H and O–H groups in total. The van der Waals surface area contributed by atoms with Crippen LogP contribution < -0.4 is 0 Å². The Morgan fingerprint density at radius 2 is 1.57 bits per heavy atom. The van der Waals surface area contributed by atoms with Gasteiger partial charge in [-0.05, 0) is 113 Å². The van der Waals surface area contributed by atoms with Gasteiger partial charge in [0.1, 0.15) is 30.1 Å². The van der Waals surface area contributed by atoms with Gasteiger partial charge in [-0.25, -0.2) is 4.79 Å². The first kappa shape index (κ1) is 54.3.